The predicted molar refractivity (Wildman–Crippen MR) is 75.4 cm³/mol. The van der Waals surface area contributed by atoms with Crippen LogP contribution in [0, 0.1) is 11.3 Å². The number of carbonyl (C=O) groups excluding carboxylic acids is 1. The molecule has 2 atom stereocenters. The number of hydrogen-bond acceptors (Lipinski definition) is 4. The second-order valence-corrected chi connectivity index (χ2v) is 6.30. The van der Waals surface area contributed by atoms with Gasteiger partial charge in [0.15, 0.2) is 0 Å². The second-order valence-electron chi connectivity index (χ2n) is 6.30. The van der Waals surface area contributed by atoms with E-state index in [9.17, 15) is 4.79 Å². The Morgan fingerprint density at radius 2 is 1.84 bits per heavy atom. The highest BCUT2D eigenvalue weighted by Gasteiger charge is 2.20. The average Bonchev–Trinajstić information content (AvgIpc) is 2.23. The van der Waals surface area contributed by atoms with E-state index in [1.807, 2.05) is 13.8 Å². The minimum absolute atomic E-state index is 0.219. The lowest BCUT2D eigenvalue weighted by molar-refractivity contribution is -0.353. The normalized spacial score (nSPS) is 15.1. The summed E-state index contributed by atoms with van der Waals surface area (Å²) < 4.78 is 5.32. The molecule has 0 amide bonds. The van der Waals surface area contributed by atoms with Crippen LogP contribution in [0.2, 0.25) is 0 Å². The van der Waals surface area contributed by atoms with Crippen molar-refractivity contribution in [3.8, 4) is 0 Å². The van der Waals surface area contributed by atoms with Crippen molar-refractivity contribution in [3.63, 3.8) is 0 Å². The molecule has 0 rings (SSSR count). The summed E-state index contributed by atoms with van der Waals surface area (Å²) in [6.45, 7) is 13.0. The molecule has 0 radical (unpaired) electrons. The van der Waals surface area contributed by atoms with Gasteiger partial charge in [-0.2, -0.15) is 4.89 Å². The van der Waals surface area contributed by atoms with E-state index < -0.39 is 6.29 Å². The first kappa shape index (κ1) is 18.4. The van der Waals surface area contributed by atoms with Crippen molar-refractivity contribution in [1.29, 1.82) is 0 Å². The first-order chi connectivity index (χ1) is 8.78. The molecule has 0 aromatic rings. The summed E-state index contributed by atoms with van der Waals surface area (Å²) in [5, 5.41) is 0. The van der Waals surface area contributed by atoms with E-state index in [2.05, 4.69) is 27.7 Å². The fourth-order valence-corrected chi connectivity index (χ4v) is 2.12. The first-order valence-corrected chi connectivity index (χ1v) is 7.26. The van der Waals surface area contributed by atoms with Crippen LogP contribution in [0.5, 0.6) is 0 Å². The molecule has 0 saturated heterocycles. The SMILES string of the molecule is CCCC(OCC)OOC(=O)CC(C)CC(C)(C)C. The third-order valence-electron chi connectivity index (χ3n) is 2.60. The van der Waals surface area contributed by atoms with Gasteiger partial charge < -0.3 is 4.74 Å². The Morgan fingerprint density at radius 1 is 1.21 bits per heavy atom. The van der Waals surface area contributed by atoms with Gasteiger partial charge in [0.1, 0.15) is 0 Å². The Bertz CT molecular complexity index is 239. The molecule has 0 aromatic carbocycles. The molecule has 4 nitrogen and oxygen atoms in total. The summed E-state index contributed by atoms with van der Waals surface area (Å²) in [5.74, 6) is -0.0367. The van der Waals surface area contributed by atoms with Crippen LogP contribution in [0.25, 0.3) is 0 Å². The number of carbonyl (C=O) groups is 1. The minimum Gasteiger partial charge on any atom is -0.349 e. The monoisotopic (exact) mass is 274 g/mol. The highest BCUT2D eigenvalue weighted by molar-refractivity contribution is 5.68. The molecule has 4 heteroatoms. The smallest absolute Gasteiger partial charge is 0.342 e. The molecule has 0 saturated carbocycles. The molecule has 2 unspecified atom stereocenters. The van der Waals surface area contributed by atoms with Crippen molar-refractivity contribution < 1.29 is 19.3 Å². The molecule has 0 aliphatic rings. The van der Waals surface area contributed by atoms with Gasteiger partial charge >= 0.3 is 5.97 Å². The fourth-order valence-electron chi connectivity index (χ4n) is 2.12. The number of hydrogen-bond donors (Lipinski definition) is 0. The van der Waals surface area contributed by atoms with Crippen LogP contribution in [0.1, 0.15) is 67.2 Å². The molecular weight excluding hydrogens is 244 g/mol. The molecule has 0 aromatic heterocycles. The van der Waals surface area contributed by atoms with Gasteiger partial charge in [-0.1, -0.05) is 41.0 Å². The molecular formula is C15H30O4. The summed E-state index contributed by atoms with van der Waals surface area (Å²) in [5.41, 5.74) is 0.219. The summed E-state index contributed by atoms with van der Waals surface area (Å²) >= 11 is 0. The lowest BCUT2D eigenvalue weighted by Gasteiger charge is -2.22. The number of ether oxygens (including phenoxy) is 1. The van der Waals surface area contributed by atoms with Crippen LogP contribution in [0.4, 0.5) is 0 Å². The minimum atomic E-state index is -0.447. The van der Waals surface area contributed by atoms with E-state index >= 15 is 0 Å². The topological polar surface area (TPSA) is 44.8 Å². The quantitative estimate of drug-likeness (QED) is 0.361. The van der Waals surface area contributed by atoms with Crippen molar-refractivity contribution in [1.82, 2.24) is 0 Å². The van der Waals surface area contributed by atoms with Gasteiger partial charge in [0.05, 0.1) is 6.42 Å². The Hall–Kier alpha value is -0.610. The molecule has 0 fully saturated rings. The van der Waals surface area contributed by atoms with Crippen molar-refractivity contribution >= 4 is 5.97 Å². The van der Waals surface area contributed by atoms with Gasteiger partial charge in [-0.3, -0.25) is 4.89 Å². The van der Waals surface area contributed by atoms with E-state index in [1.54, 1.807) is 0 Å². The van der Waals surface area contributed by atoms with E-state index in [0.717, 1.165) is 19.3 Å². The van der Waals surface area contributed by atoms with Crippen molar-refractivity contribution in [3.05, 3.63) is 0 Å². The van der Waals surface area contributed by atoms with Gasteiger partial charge in [-0.25, -0.2) is 4.79 Å². The molecule has 0 aliphatic heterocycles. The zero-order valence-electron chi connectivity index (χ0n) is 13.3. The Balaban J connectivity index is 3.96. The Kier molecular flexibility index (Phi) is 9.02. The molecule has 0 spiro atoms. The molecule has 0 bridgehead atoms. The fraction of sp³-hybridized carbons (Fsp3) is 0.933. The number of rotatable bonds is 9. The van der Waals surface area contributed by atoms with Crippen LogP contribution < -0.4 is 0 Å². The maximum absolute atomic E-state index is 11.6. The van der Waals surface area contributed by atoms with Crippen molar-refractivity contribution in [2.75, 3.05) is 6.61 Å². The van der Waals surface area contributed by atoms with E-state index in [0.29, 0.717) is 13.0 Å². The summed E-state index contributed by atoms with van der Waals surface area (Å²) in [6.07, 6.45) is 2.55. The van der Waals surface area contributed by atoms with Crippen LogP contribution in [-0.2, 0) is 19.3 Å². The highest BCUT2D eigenvalue weighted by Crippen LogP contribution is 2.26. The molecule has 0 heterocycles. The standard InChI is InChI=1S/C15H30O4/c1-7-9-14(17-8-2)19-18-13(16)10-12(3)11-15(4,5)6/h12,14H,7-11H2,1-6H3. The first-order valence-electron chi connectivity index (χ1n) is 7.26. The summed E-state index contributed by atoms with van der Waals surface area (Å²) in [6, 6.07) is 0. The maximum atomic E-state index is 11.6. The summed E-state index contributed by atoms with van der Waals surface area (Å²) in [7, 11) is 0. The lowest BCUT2D eigenvalue weighted by atomic mass is 9.84. The van der Waals surface area contributed by atoms with Crippen molar-refractivity contribution in [2.24, 2.45) is 11.3 Å². The third kappa shape index (κ3) is 11.0. The van der Waals surface area contributed by atoms with Gasteiger partial charge in [0.25, 0.3) is 0 Å². The van der Waals surface area contributed by atoms with E-state index in [4.69, 9.17) is 14.5 Å². The van der Waals surface area contributed by atoms with Gasteiger partial charge in [0, 0.05) is 13.0 Å². The van der Waals surface area contributed by atoms with Crippen LogP contribution in [0.3, 0.4) is 0 Å². The zero-order chi connectivity index (χ0) is 14.9. The van der Waals surface area contributed by atoms with Crippen molar-refractivity contribution in [2.45, 2.75) is 73.5 Å². The zero-order valence-corrected chi connectivity index (χ0v) is 13.3. The highest BCUT2D eigenvalue weighted by atomic mass is 17.2. The largest absolute Gasteiger partial charge is 0.349 e. The van der Waals surface area contributed by atoms with Crippen LogP contribution >= 0.6 is 0 Å². The Morgan fingerprint density at radius 3 is 2.32 bits per heavy atom. The maximum Gasteiger partial charge on any atom is 0.342 e. The van der Waals surface area contributed by atoms with Gasteiger partial charge in [-0.15, -0.1) is 0 Å². The molecule has 0 aliphatic carbocycles. The van der Waals surface area contributed by atoms with Gasteiger partial charge in [0.2, 0.25) is 6.29 Å². The molecule has 19 heavy (non-hydrogen) atoms. The van der Waals surface area contributed by atoms with Crippen LogP contribution in [-0.4, -0.2) is 18.9 Å². The lowest BCUT2D eigenvalue weighted by Crippen LogP contribution is -2.21. The second kappa shape index (κ2) is 9.32. The average molecular weight is 274 g/mol. The molecule has 114 valence electrons. The summed E-state index contributed by atoms with van der Waals surface area (Å²) in [4.78, 5) is 21.5. The van der Waals surface area contributed by atoms with E-state index in [-0.39, 0.29) is 17.3 Å². The van der Waals surface area contributed by atoms with Gasteiger partial charge in [-0.05, 0) is 24.7 Å². The van der Waals surface area contributed by atoms with E-state index in [1.165, 1.54) is 0 Å². The van der Waals surface area contributed by atoms with Crippen LogP contribution in [0.15, 0.2) is 0 Å². The third-order valence-corrected chi connectivity index (χ3v) is 2.60. The predicted octanol–water partition coefficient (Wildman–Crippen LogP) is 4.09. The Labute approximate surface area is 117 Å². The molecule has 0 N–H and O–H groups in total.